The summed E-state index contributed by atoms with van der Waals surface area (Å²) in [5.41, 5.74) is 3.78. The molecule has 3 aliphatic rings. The molecule has 9 nitrogen and oxygen atoms in total. The molecule has 0 fully saturated rings. The Labute approximate surface area is 220 Å². The van der Waals surface area contributed by atoms with E-state index >= 15 is 0 Å². The topological polar surface area (TPSA) is 103 Å². The highest BCUT2D eigenvalue weighted by atomic mass is 16.6. The number of aliphatic imine (C=N–C) groups is 1. The zero-order valence-corrected chi connectivity index (χ0v) is 22.1. The summed E-state index contributed by atoms with van der Waals surface area (Å²) in [7, 11) is 0. The van der Waals surface area contributed by atoms with Crippen LogP contribution in [-0.2, 0) is 37.8 Å². The Hall–Kier alpha value is -4.01. The highest BCUT2D eigenvalue weighted by molar-refractivity contribution is 6.15. The predicted octanol–water partition coefficient (Wildman–Crippen LogP) is 4.71. The number of aromatic nitrogens is 2. The normalized spacial score (nSPS) is 19.0. The number of carbonyl (C=O) groups is 2. The van der Waals surface area contributed by atoms with E-state index in [0.717, 1.165) is 59.5 Å². The van der Waals surface area contributed by atoms with Gasteiger partial charge in [0.2, 0.25) is 5.60 Å². The monoisotopic (exact) mass is 514 g/mol. The first-order valence-electron chi connectivity index (χ1n) is 13.2. The molecule has 1 atom stereocenters. The summed E-state index contributed by atoms with van der Waals surface area (Å²) >= 11 is 0. The lowest BCUT2D eigenvalue weighted by Gasteiger charge is -2.35. The number of esters is 2. The molecule has 5 heterocycles. The third-order valence-corrected chi connectivity index (χ3v) is 7.88. The first-order valence-corrected chi connectivity index (χ1v) is 13.2. The molecule has 3 aliphatic heterocycles. The first kappa shape index (κ1) is 24.3. The Kier molecular flexibility index (Phi) is 5.63. The van der Waals surface area contributed by atoms with E-state index in [1.165, 1.54) is 6.92 Å². The van der Waals surface area contributed by atoms with E-state index in [-0.39, 0.29) is 18.6 Å². The fraction of sp³-hybridized carbons (Fsp3) is 0.414. The van der Waals surface area contributed by atoms with Crippen molar-refractivity contribution < 1.29 is 19.1 Å². The number of unbranched alkanes of at least 4 members (excludes halogenated alkanes) is 2. The van der Waals surface area contributed by atoms with Crippen LogP contribution in [0.3, 0.4) is 0 Å². The second-order valence-electron chi connectivity index (χ2n) is 10.1. The number of ether oxygens (including phenoxy) is 2. The van der Waals surface area contributed by atoms with Crippen molar-refractivity contribution in [2.45, 2.75) is 72.1 Å². The molecular weight excluding hydrogens is 484 g/mol. The number of fused-ring (bicyclic) bond motifs is 5. The summed E-state index contributed by atoms with van der Waals surface area (Å²) in [6.45, 7) is 8.20. The number of rotatable bonds is 6. The van der Waals surface area contributed by atoms with Crippen molar-refractivity contribution in [3.63, 3.8) is 0 Å². The van der Waals surface area contributed by atoms with Gasteiger partial charge in [0.05, 0.1) is 45.8 Å². The van der Waals surface area contributed by atoms with E-state index in [4.69, 9.17) is 19.5 Å². The molecule has 6 rings (SSSR count). The van der Waals surface area contributed by atoms with Crippen molar-refractivity contribution >= 4 is 40.1 Å². The van der Waals surface area contributed by atoms with Crippen LogP contribution in [0.2, 0.25) is 0 Å². The third kappa shape index (κ3) is 3.33. The fourth-order valence-electron chi connectivity index (χ4n) is 6.07. The van der Waals surface area contributed by atoms with Gasteiger partial charge in [-0.15, -0.1) is 0 Å². The Bertz CT molecular complexity index is 1620. The maximum atomic E-state index is 13.9. The molecule has 0 bridgehead atoms. The quantitative estimate of drug-likeness (QED) is 0.271. The smallest absolute Gasteiger partial charge is 0.355 e. The molecule has 0 N–H and O–H groups in total. The van der Waals surface area contributed by atoms with E-state index in [9.17, 15) is 14.4 Å². The fourth-order valence-corrected chi connectivity index (χ4v) is 6.07. The molecule has 0 saturated heterocycles. The molecule has 3 aromatic rings. The lowest BCUT2D eigenvalue weighted by molar-refractivity contribution is -0.188. The summed E-state index contributed by atoms with van der Waals surface area (Å²) in [6, 6.07) is 7.71. The summed E-state index contributed by atoms with van der Waals surface area (Å²) in [6.07, 6.45) is 3.39. The van der Waals surface area contributed by atoms with Gasteiger partial charge in [-0.05, 0) is 38.0 Å². The molecule has 38 heavy (non-hydrogen) atoms. The standard InChI is InChI=1S/C29H30N4O5/c1-5-7-8-12-32-16(3)30-21-10-9-11-22-24(21)26(32)18-14-33-23(25(18)31-22)13-20-19(27(33)35)15-37-28(36)29(20,6-2)38-17(4)34/h9-11,13H,5-8,12,14-15H2,1-4H3/t29-/m0/s1. The Morgan fingerprint density at radius 1 is 1.18 bits per heavy atom. The minimum atomic E-state index is -1.66. The van der Waals surface area contributed by atoms with Gasteiger partial charge < -0.3 is 18.9 Å². The molecule has 0 unspecified atom stereocenters. The summed E-state index contributed by atoms with van der Waals surface area (Å²) in [4.78, 5) is 51.1. The Morgan fingerprint density at radius 2 is 2.00 bits per heavy atom. The van der Waals surface area contributed by atoms with Gasteiger partial charge in [0.15, 0.2) is 0 Å². The van der Waals surface area contributed by atoms with Gasteiger partial charge >= 0.3 is 11.9 Å². The van der Waals surface area contributed by atoms with E-state index in [0.29, 0.717) is 29.1 Å². The second-order valence-corrected chi connectivity index (χ2v) is 10.1. The molecule has 9 heteroatoms. The third-order valence-electron chi connectivity index (χ3n) is 7.88. The summed E-state index contributed by atoms with van der Waals surface area (Å²) in [5.74, 6) is -0.363. The number of anilines is 1. The van der Waals surface area contributed by atoms with Crippen LogP contribution in [0, 0.1) is 0 Å². The van der Waals surface area contributed by atoms with E-state index in [2.05, 4.69) is 11.8 Å². The maximum Gasteiger partial charge on any atom is 0.355 e. The van der Waals surface area contributed by atoms with Crippen molar-refractivity contribution in [3.8, 4) is 11.4 Å². The number of cyclic esters (lactones) is 1. The number of hydrogen-bond acceptors (Lipinski definition) is 8. The molecule has 0 saturated carbocycles. The predicted molar refractivity (Wildman–Crippen MR) is 144 cm³/mol. The van der Waals surface area contributed by atoms with Gasteiger partial charge in [-0.2, -0.15) is 0 Å². The number of nitrogens with zero attached hydrogens (tertiary/aromatic N) is 4. The maximum absolute atomic E-state index is 13.9. The summed E-state index contributed by atoms with van der Waals surface area (Å²) < 4.78 is 12.7. The molecule has 0 amide bonds. The van der Waals surface area contributed by atoms with Gasteiger partial charge in [-0.1, -0.05) is 32.8 Å². The number of carbonyl (C=O) groups excluding carboxylic acids is 2. The van der Waals surface area contributed by atoms with Crippen LogP contribution in [0.15, 0.2) is 34.1 Å². The minimum absolute atomic E-state index is 0.148. The van der Waals surface area contributed by atoms with Crippen LogP contribution < -0.4 is 10.5 Å². The van der Waals surface area contributed by atoms with Crippen molar-refractivity contribution in [3.05, 3.63) is 51.3 Å². The minimum Gasteiger partial charge on any atom is -0.457 e. The van der Waals surface area contributed by atoms with Gasteiger partial charge in [0, 0.05) is 24.6 Å². The van der Waals surface area contributed by atoms with E-state index < -0.39 is 17.5 Å². The SMILES string of the molecule is CCCCCN1C(C)=Nc2cccc3nc4c(c1c23)Cn1c-4cc2c(c1=O)COC(=O)[C@@]2(CC)OC(C)=O. The molecular formula is C29H30N4O5. The first-order chi connectivity index (χ1) is 18.3. The average molecular weight is 515 g/mol. The van der Waals surface area contributed by atoms with E-state index in [1.807, 2.05) is 25.1 Å². The van der Waals surface area contributed by atoms with Crippen molar-refractivity contribution in [2.24, 2.45) is 4.99 Å². The number of benzene rings is 1. The zero-order chi connectivity index (χ0) is 26.8. The van der Waals surface area contributed by atoms with Crippen molar-refractivity contribution in [1.82, 2.24) is 9.55 Å². The van der Waals surface area contributed by atoms with Crippen LogP contribution in [0.1, 0.15) is 70.1 Å². The molecule has 0 radical (unpaired) electrons. The number of hydrogen-bond donors (Lipinski definition) is 0. The molecule has 1 aromatic carbocycles. The van der Waals surface area contributed by atoms with Crippen LogP contribution in [0.4, 0.5) is 11.4 Å². The molecule has 196 valence electrons. The second kappa shape index (κ2) is 8.79. The van der Waals surface area contributed by atoms with Gasteiger partial charge in [0.1, 0.15) is 12.4 Å². The largest absolute Gasteiger partial charge is 0.457 e. The van der Waals surface area contributed by atoms with Crippen LogP contribution >= 0.6 is 0 Å². The number of pyridine rings is 2. The van der Waals surface area contributed by atoms with Crippen molar-refractivity contribution in [1.29, 1.82) is 0 Å². The molecule has 2 aromatic heterocycles. The van der Waals surface area contributed by atoms with Crippen LogP contribution in [-0.4, -0.2) is 33.9 Å². The van der Waals surface area contributed by atoms with Crippen LogP contribution in [0.5, 0.6) is 0 Å². The van der Waals surface area contributed by atoms with Crippen molar-refractivity contribution in [2.75, 3.05) is 11.4 Å². The van der Waals surface area contributed by atoms with Crippen LogP contribution in [0.25, 0.3) is 22.3 Å². The van der Waals surface area contributed by atoms with Gasteiger partial charge in [-0.25, -0.2) is 14.8 Å². The Balaban J connectivity index is 1.61. The highest BCUT2D eigenvalue weighted by Crippen LogP contribution is 2.47. The van der Waals surface area contributed by atoms with Gasteiger partial charge in [0.25, 0.3) is 5.56 Å². The summed E-state index contributed by atoms with van der Waals surface area (Å²) in [5, 5.41) is 0.986. The Morgan fingerprint density at radius 3 is 2.74 bits per heavy atom. The lowest BCUT2D eigenvalue weighted by atomic mass is 9.85. The zero-order valence-electron chi connectivity index (χ0n) is 22.1. The number of amidine groups is 1. The average Bonchev–Trinajstić information content (AvgIpc) is 3.26. The highest BCUT2D eigenvalue weighted by Gasteiger charge is 2.50. The lowest BCUT2D eigenvalue weighted by Crippen LogP contribution is -2.47. The molecule has 0 spiro atoms. The van der Waals surface area contributed by atoms with E-state index in [1.54, 1.807) is 17.6 Å². The van der Waals surface area contributed by atoms with Gasteiger partial charge in [-0.3, -0.25) is 9.59 Å². The molecule has 0 aliphatic carbocycles.